The van der Waals surface area contributed by atoms with Crippen molar-refractivity contribution in [2.45, 2.75) is 24.3 Å². The molecule has 1 aromatic carbocycles. The number of hydrogen-bond acceptors (Lipinski definition) is 4. The molecule has 0 saturated heterocycles. The molecule has 0 saturated carbocycles. The number of rotatable bonds is 5. The maximum absolute atomic E-state index is 13.6. The van der Waals surface area contributed by atoms with Gasteiger partial charge in [-0.15, -0.1) is 6.42 Å². The molecule has 0 fully saturated rings. The average Bonchev–Trinajstić information content (AvgIpc) is 2.35. The van der Waals surface area contributed by atoms with Crippen LogP contribution < -0.4 is 4.72 Å². The molecule has 0 spiro atoms. The fourth-order valence-electron chi connectivity index (χ4n) is 1.31. The molecule has 0 aromatic heterocycles. The summed E-state index contributed by atoms with van der Waals surface area (Å²) in [6.45, 7) is 1.67. The molecule has 1 rings (SSSR count). The second kappa shape index (κ2) is 5.77. The van der Waals surface area contributed by atoms with Crippen LogP contribution in [-0.4, -0.2) is 19.4 Å². The third-order valence-electron chi connectivity index (χ3n) is 2.32. The minimum Gasteiger partial charge on any atom is -0.258 e. The molecule has 102 valence electrons. The van der Waals surface area contributed by atoms with E-state index < -0.39 is 37.4 Å². The fraction of sp³-hybridized carbons (Fsp3) is 0.273. The van der Waals surface area contributed by atoms with Gasteiger partial charge in [0, 0.05) is 6.07 Å². The largest absolute Gasteiger partial charge is 0.272 e. The van der Waals surface area contributed by atoms with E-state index in [-0.39, 0.29) is 0 Å². The van der Waals surface area contributed by atoms with Crippen LogP contribution in [0, 0.1) is 28.3 Å². The number of nitrogens with one attached hydrogen (secondary N) is 1. The molecule has 6 nitrogen and oxygen atoms in total. The van der Waals surface area contributed by atoms with Crippen LogP contribution in [0.4, 0.5) is 10.1 Å². The van der Waals surface area contributed by atoms with Crippen LogP contribution in [0.2, 0.25) is 0 Å². The number of nitro benzene ring substituents is 1. The molecule has 19 heavy (non-hydrogen) atoms. The lowest BCUT2D eigenvalue weighted by Crippen LogP contribution is -2.33. The van der Waals surface area contributed by atoms with Crippen molar-refractivity contribution in [1.29, 1.82) is 0 Å². The van der Waals surface area contributed by atoms with Crippen molar-refractivity contribution in [2.24, 2.45) is 0 Å². The Hall–Kier alpha value is -1.98. The SMILES string of the molecule is C#CC(CC)NS(=O)(=O)c1ccc([N+](=O)[O-])cc1F. The molecular formula is C11H11FN2O4S. The summed E-state index contributed by atoms with van der Waals surface area (Å²) in [7, 11) is -4.15. The molecule has 0 bridgehead atoms. The lowest BCUT2D eigenvalue weighted by Gasteiger charge is -2.11. The van der Waals surface area contributed by atoms with E-state index in [4.69, 9.17) is 6.42 Å². The van der Waals surface area contributed by atoms with Crippen LogP contribution in [0.25, 0.3) is 0 Å². The van der Waals surface area contributed by atoms with E-state index in [1.165, 1.54) is 0 Å². The first-order valence-electron chi connectivity index (χ1n) is 5.24. The number of nitro groups is 1. The maximum atomic E-state index is 13.6. The molecule has 0 aliphatic carbocycles. The molecular weight excluding hydrogens is 275 g/mol. The second-order valence-corrected chi connectivity index (χ2v) is 5.30. The summed E-state index contributed by atoms with van der Waals surface area (Å²) in [5.41, 5.74) is -0.527. The third kappa shape index (κ3) is 3.49. The molecule has 1 aromatic rings. The number of nitrogens with zero attached hydrogens (tertiary/aromatic N) is 1. The van der Waals surface area contributed by atoms with Crippen molar-refractivity contribution in [3.63, 3.8) is 0 Å². The van der Waals surface area contributed by atoms with Crippen LogP contribution in [0.5, 0.6) is 0 Å². The van der Waals surface area contributed by atoms with E-state index in [9.17, 15) is 22.9 Å². The summed E-state index contributed by atoms with van der Waals surface area (Å²) >= 11 is 0. The van der Waals surface area contributed by atoms with Gasteiger partial charge in [0.15, 0.2) is 0 Å². The van der Waals surface area contributed by atoms with Gasteiger partial charge in [0.25, 0.3) is 5.69 Å². The fourth-order valence-corrected chi connectivity index (χ4v) is 2.61. The first-order valence-corrected chi connectivity index (χ1v) is 6.72. The van der Waals surface area contributed by atoms with E-state index in [2.05, 4.69) is 10.6 Å². The Morgan fingerprint density at radius 1 is 1.58 bits per heavy atom. The van der Waals surface area contributed by atoms with E-state index in [1.807, 2.05) is 0 Å². The van der Waals surface area contributed by atoms with Gasteiger partial charge in [-0.05, 0) is 12.5 Å². The molecule has 8 heteroatoms. The van der Waals surface area contributed by atoms with Gasteiger partial charge in [-0.3, -0.25) is 10.1 Å². The predicted molar refractivity (Wildman–Crippen MR) is 66.3 cm³/mol. The van der Waals surface area contributed by atoms with Crippen molar-refractivity contribution in [3.8, 4) is 12.3 Å². The van der Waals surface area contributed by atoms with E-state index in [1.54, 1.807) is 6.92 Å². The van der Waals surface area contributed by atoms with Crippen molar-refractivity contribution < 1.29 is 17.7 Å². The Bertz CT molecular complexity index is 637. The Morgan fingerprint density at radius 3 is 2.63 bits per heavy atom. The van der Waals surface area contributed by atoms with Crippen molar-refractivity contribution in [3.05, 3.63) is 34.1 Å². The molecule has 0 heterocycles. The maximum Gasteiger partial charge on any atom is 0.272 e. The Morgan fingerprint density at radius 2 is 2.21 bits per heavy atom. The molecule has 1 N–H and O–H groups in total. The van der Waals surface area contributed by atoms with Crippen molar-refractivity contribution in [1.82, 2.24) is 4.72 Å². The van der Waals surface area contributed by atoms with Gasteiger partial charge in [-0.1, -0.05) is 12.8 Å². The lowest BCUT2D eigenvalue weighted by molar-refractivity contribution is -0.385. The number of terminal acetylenes is 1. The zero-order valence-corrected chi connectivity index (χ0v) is 10.8. The van der Waals surface area contributed by atoms with Gasteiger partial charge >= 0.3 is 0 Å². The first kappa shape index (κ1) is 15.1. The highest BCUT2D eigenvalue weighted by atomic mass is 32.2. The molecule has 0 aliphatic heterocycles. The van der Waals surface area contributed by atoms with E-state index >= 15 is 0 Å². The van der Waals surface area contributed by atoms with Gasteiger partial charge in [0.1, 0.15) is 10.7 Å². The summed E-state index contributed by atoms with van der Waals surface area (Å²) in [6.07, 6.45) is 5.45. The normalized spacial score (nSPS) is 12.7. The van der Waals surface area contributed by atoms with E-state index in [0.717, 1.165) is 12.1 Å². The van der Waals surface area contributed by atoms with Crippen LogP contribution in [-0.2, 0) is 10.0 Å². The van der Waals surface area contributed by atoms with E-state index in [0.29, 0.717) is 12.5 Å². The van der Waals surface area contributed by atoms with Gasteiger partial charge < -0.3 is 0 Å². The van der Waals surface area contributed by atoms with Crippen LogP contribution >= 0.6 is 0 Å². The Kier molecular flexibility index (Phi) is 4.58. The number of hydrogen-bond donors (Lipinski definition) is 1. The van der Waals surface area contributed by atoms with Crippen LogP contribution in [0.1, 0.15) is 13.3 Å². The molecule has 0 radical (unpaired) electrons. The summed E-state index contributed by atoms with van der Waals surface area (Å²) in [6, 6.07) is 1.53. The number of sulfonamides is 1. The van der Waals surface area contributed by atoms with Gasteiger partial charge in [0.05, 0.1) is 17.0 Å². The summed E-state index contributed by atoms with van der Waals surface area (Å²) in [5, 5.41) is 10.4. The van der Waals surface area contributed by atoms with Gasteiger partial charge in [0.2, 0.25) is 10.0 Å². The van der Waals surface area contributed by atoms with Crippen molar-refractivity contribution >= 4 is 15.7 Å². The summed E-state index contributed by atoms with van der Waals surface area (Å²) in [5.74, 6) is 1.01. The zero-order valence-electron chi connectivity index (χ0n) is 9.96. The highest BCUT2D eigenvalue weighted by Crippen LogP contribution is 2.20. The average molecular weight is 286 g/mol. The second-order valence-electron chi connectivity index (χ2n) is 3.62. The number of benzene rings is 1. The molecule has 0 amide bonds. The quantitative estimate of drug-likeness (QED) is 0.503. The summed E-state index contributed by atoms with van der Waals surface area (Å²) in [4.78, 5) is 8.94. The van der Waals surface area contributed by atoms with Crippen molar-refractivity contribution in [2.75, 3.05) is 0 Å². The zero-order chi connectivity index (χ0) is 14.6. The molecule has 0 aliphatic rings. The minimum absolute atomic E-state index is 0.338. The first-order chi connectivity index (χ1) is 8.81. The number of non-ortho nitro benzene ring substituents is 1. The highest BCUT2D eigenvalue weighted by Gasteiger charge is 2.23. The number of halogens is 1. The Labute approximate surface area is 109 Å². The minimum atomic E-state index is -4.15. The van der Waals surface area contributed by atoms with Gasteiger partial charge in [-0.25, -0.2) is 12.8 Å². The van der Waals surface area contributed by atoms with Crippen LogP contribution in [0.15, 0.2) is 23.1 Å². The summed E-state index contributed by atoms with van der Waals surface area (Å²) < 4.78 is 39.4. The predicted octanol–water partition coefficient (Wildman–Crippen LogP) is 1.42. The standard InChI is InChI=1S/C11H11FN2O4S/c1-3-8(4-2)13-19(17,18)11-6-5-9(14(15)16)7-10(11)12/h1,5-8,13H,4H2,2H3. The highest BCUT2D eigenvalue weighted by molar-refractivity contribution is 7.89. The topological polar surface area (TPSA) is 89.3 Å². The lowest BCUT2D eigenvalue weighted by atomic mass is 10.3. The smallest absolute Gasteiger partial charge is 0.258 e. The Balaban J connectivity index is 3.16. The van der Waals surface area contributed by atoms with Gasteiger partial charge in [-0.2, -0.15) is 4.72 Å². The third-order valence-corrected chi connectivity index (χ3v) is 3.83. The molecule has 1 unspecified atom stereocenters. The molecule has 1 atom stereocenters. The van der Waals surface area contributed by atoms with Crippen LogP contribution in [0.3, 0.4) is 0 Å². The monoisotopic (exact) mass is 286 g/mol.